The molecule has 0 unspecified atom stereocenters. The van der Waals surface area contributed by atoms with Crippen LogP contribution in [-0.4, -0.2) is 18.2 Å². The minimum Gasteiger partial charge on any atom is -0.495 e. The summed E-state index contributed by atoms with van der Waals surface area (Å²) in [6.07, 6.45) is 0. The normalized spacial score (nSPS) is 10.6. The summed E-state index contributed by atoms with van der Waals surface area (Å²) >= 11 is 12.3. The molecule has 0 bridgehead atoms. The molecule has 0 radical (unpaired) electrons. The van der Waals surface area contributed by atoms with Crippen molar-refractivity contribution in [2.45, 2.75) is 13.5 Å². The van der Waals surface area contributed by atoms with E-state index in [0.29, 0.717) is 44.9 Å². The summed E-state index contributed by atoms with van der Waals surface area (Å²) in [6.45, 7) is 1.99. The molecular formula is C19H16Cl2N2O3. The summed E-state index contributed by atoms with van der Waals surface area (Å²) in [5.41, 5.74) is 2.26. The number of hydrogen-bond donors (Lipinski definition) is 1. The molecule has 1 amide bonds. The second-order valence-electron chi connectivity index (χ2n) is 5.59. The van der Waals surface area contributed by atoms with Crippen molar-refractivity contribution in [1.82, 2.24) is 10.5 Å². The van der Waals surface area contributed by atoms with Crippen molar-refractivity contribution in [2.24, 2.45) is 0 Å². The lowest BCUT2D eigenvalue weighted by molar-refractivity contribution is 0.0950. The summed E-state index contributed by atoms with van der Waals surface area (Å²) < 4.78 is 10.3. The number of rotatable bonds is 5. The van der Waals surface area contributed by atoms with E-state index < -0.39 is 0 Å². The smallest absolute Gasteiger partial charge is 0.257 e. The van der Waals surface area contributed by atoms with Crippen LogP contribution in [0, 0.1) is 6.92 Å². The number of nitrogens with one attached hydrogen (secondary N) is 1. The second-order valence-corrected chi connectivity index (χ2v) is 6.41. The van der Waals surface area contributed by atoms with Crippen LogP contribution >= 0.6 is 23.2 Å². The molecule has 0 saturated carbocycles. The Morgan fingerprint density at radius 1 is 1.19 bits per heavy atom. The highest BCUT2D eigenvalue weighted by Gasteiger charge is 2.22. The Labute approximate surface area is 160 Å². The number of aryl methyl sites for hydroxylation is 1. The van der Waals surface area contributed by atoms with Gasteiger partial charge in [0.15, 0.2) is 0 Å². The lowest BCUT2D eigenvalue weighted by Gasteiger charge is -2.08. The van der Waals surface area contributed by atoms with E-state index in [-0.39, 0.29) is 5.91 Å². The maximum atomic E-state index is 12.7. The summed E-state index contributed by atoms with van der Waals surface area (Å²) in [5, 5.41) is 7.84. The Hall–Kier alpha value is -2.50. The van der Waals surface area contributed by atoms with Crippen molar-refractivity contribution in [3.05, 3.63) is 69.4 Å². The number of ether oxygens (including phenoxy) is 1. The number of carbonyl (C=O) groups excluding carboxylic acids is 1. The summed E-state index contributed by atoms with van der Waals surface area (Å²) in [5.74, 6) is 0.702. The van der Waals surface area contributed by atoms with Gasteiger partial charge in [-0.25, -0.2) is 0 Å². The molecule has 2 aromatic carbocycles. The number of benzene rings is 2. The quantitative estimate of drug-likeness (QED) is 0.672. The lowest BCUT2D eigenvalue weighted by atomic mass is 10.1. The van der Waals surface area contributed by atoms with Gasteiger partial charge in [-0.3, -0.25) is 4.79 Å². The van der Waals surface area contributed by atoms with Gasteiger partial charge in [0.2, 0.25) is 0 Å². The van der Waals surface area contributed by atoms with Crippen LogP contribution in [0.15, 0.2) is 47.0 Å². The maximum absolute atomic E-state index is 12.7. The minimum atomic E-state index is -0.300. The first kappa shape index (κ1) is 18.3. The van der Waals surface area contributed by atoms with E-state index in [1.807, 2.05) is 18.2 Å². The van der Waals surface area contributed by atoms with Gasteiger partial charge in [0.05, 0.1) is 17.2 Å². The Balaban J connectivity index is 1.82. The molecule has 0 aliphatic carbocycles. The van der Waals surface area contributed by atoms with Gasteiger partial charge < -0.3 is 14.6 Å². The summed E-state index contributed by atoms with van der Waals surface area (Å²) in [6, 6.07) is 12.5. The third-order valence-corrected chi connectivity index (χ3v) is 4.51. The third kappa shape index (κ3) is 3.69. The summed E-state index contributed by atoms with van der Waals surface area (Å²) in [7, 11) is 1.55. The van der Waals surface area contributed by atoms with Crippen LogP contribution in [0.2, 0.25) is 10.0 Å². The molecule has 5 nitrogen and oxygen atoms in total. The van der Waals surface area contributed by atoms with E-state index in [0.717, 1.165) is 5.56 Å². The van der Waals surface area contributed by atoms with Crippen LogP contribution < -0.4 is 10.1 Å². The molecule has 3 aromatic rings. The monoisotopic (exact) mass is 390 g/mol. The van der Waals surface area contributed by atoms with Crippen molar-refractivity contribution >= 4 is 29.1 Å². The highest BCUT2D eigenvalue weighted by atomic mass is 35.5. The fraction of sp³-hybridized carbons (Fsp3) is 0.158. The highest BCUT2D eigenvalue weighted by Crippen LogP contribution is 2.31. The number of methoxy groups -OCH3 is 1. The van der Waals surface area contributed by atoms with Gasteiger partial charge in [0.1, 0.15) is 22.8 Å². The average molecular weight is 391 g/mol. The molecule has 1 N–H and O–H groups in total. The molecule has 0 fully saturated rings. The molecule has 3 rings (SSSR count). The van der Waals surface area contributed by atoms with Crippen molar-refractivity contribution < 1.29 is 14.1 Å². The predicted octanol–water partition coefficient (Wildman–Crippen LogP) is 4.90. The van der Waals surface area contributed by atoms with E-state index in [1.54, 1.807) is 38.3 Å². The molecule has 1 heterocycles. The van der Waals surface area contributed by atoms with Crippen molar-refractivity contribution in [2.75, 3.05) is 7.11 Å². The average Bonchev–Trinajstić information content (AvgIpc) is 3.01. The topological polar surface area (TPSA) is 64.4 Å². The first-order chi connectivity index (χ1) is 12.5. The van der Waals surface area contributed by atoms with E-state index >= 15 is 0 Å². The van der Waals surface area contributed by atoms with Gasteiger partial charge in [-0.2, -0.15) is 0 Å². The molecule has 0 saturated heterocycles. The Morgan fingerprint density at radius 2 is 1.96 bits per heavy atom. The number of nitrogens with zero attached hydrogens (tertiary/aromatic N) is 1. The first-order valence-corrected chi connectivity index (χ1v) is 8.58. The number of halogens is 2. The fourth-order valence-electron chi connectivity index (χ4n) is 2.57. The van der Waals surface area contributed by atoms with Gasteiger partial charge in [-0.05, 0) is 30.7 Å². The van der Waals surface area contributed by atoms with Crippen molar-refractivity contribution in [1.29, 1.82) is 0 Å². The maximum Gasteiger partial charge on any atom is 0.257 e. The molecule has 26 heavy (non-hydrogen) atoms. The van der Waals surface area contributed by atoms with Gasteiger partial charge in [0, 0.05) is 12.1 Å². The van der Waals surface area contributed by atoms with Crippen molar-refractivity contribution in [3.63, 3.8) is 0 Å². The van der Waals surface area contributed by atoms with Crippen LogP contribution in [0.1, 0.15) is 21.7 Å². The third-order valence-electron chi connectivity index (χ3n) is 3.89. The van der Waals surface area contributed by atoms with Crippen LogP contribution in [-0.2, 0) is 6.54 Å². The number of hydrogen-bond acceptors (Lipinski definition) is 4. The van der Waals surface area contributed by atoms with E-state index in [1.165, 1.54) is 0 Å². The Kier molecular flexibility index (Phi) is 5.49. The van der Waals surface area contributed by atoms with Gasteiger partial charge >= 0.3 is 0 Å². The molecule has 0 aliphatic rings. The molecule has 134 valence electrons. The van der Waals surface area contributed by atoms with Crippen LogP contribution in [0.5, 0.6) is 5.75 Å². The molecular weight excluding hydrogens is 375 g/mol. The molecule has 0 atom stereocenters. The number of aromatic nitrogens is 1. The lowest BCUT2D eigenvalue weighted by Crippen LogP contribution is -2.23. The Bertz CT molecular complexity index is 954. The van der Waals surface area contributed by atoms with Crippen LogP contribution in [0.4, 0.5) is 0 Å². The van der Waals surface area contributed by atoms with Gasteiger partial charge in [-0.1, -0.05) is 52.6 Å². The number of amides is 1. The van der Waals surface area contributed by atoms with E-state index in [4.69, 9.17) is 32.5 Å². The number of carbonyl (C=O) groups is 1. The fourth-order valence-corrected chi connectivity index (χ4v) is 3.07. The zero-order valence-electron chi connectivity index (χ0n) is 14.2. The molecule has 7 heteroatoms. The van der Waals surface area contributed by atoms with Crippen LogP contribution in [0.25, 0.3) is 11.3 Å². The van der Waals surface area contributed by atoms with E-state index in [9.17, 15) is 4.79 Å². The van der Waals surface area contributed by atoms with Gasteiger partial charge in [-0.15, -0.1) is 0 Å². The molecule has 0 spiro atoms. The minimum absolute atomic E-state index is 0.300. The largest absolute Gasteiger partial charge is 0.495 e. The highest BCUT2D eigenvalue weighted by molar-refractivity contribution is 6.33. The zero-order chi connectivity index (χ0) is 18.7. The molecule has 1 aromatic heterocycles. The predicted molar refractivity (Wildman–Crippen MR) is 101 cm³/mol. The second kappa shape index (κ2) is 7.81. The Morgan fingerprint density at radius 3 is 2.65 bits per heavy atom. The van der Waals surface area contributed by atoms with Crippen LogP contribution in [0.3, 0.4) is 0 Å². The zero-order valence-corrected chi connectivity index (χ0v) is 15.7. The van der Waals surface area contributed by atoms with Gasteiger partial charge in [0.25, 0.3) is 5.91 Å². The molecule has 0 aliphatic heterocycles. The summed E-state index contributed by atoms with van der Waals surface area (Å²) in [4.78, 5) is 12.7. The standard InChI is InChI=1S/C19H16Cl2N2O3/c1-11-17(18(23-26-11)13-5-3-4-6-14(13)20)19(24)22-10-12-7-8-16(25-2)15(21)9-12/h3-9H,10H2,1-2H3,(H,22,24). The SMILES string of the molecule is COc1ccc(CNC(=O)c2c(-c3ccccc3Cl)noc2C)cc1Cl. The van der Waals surface area contributed by atoms with E-state index in [2.05, 4.69) is 10.5 Å². The van der Waals surface area contributed by atoms with Crippen molar-refractivity contribution in [3.8, 4) is 17.0 Å². The first-order valence-electron chi connectivity index (χ1n) is 7.83.